The van der Waals surface area contributed by atoms with Crippen LogP contribution >= 0.6 is 77.7 Å². The molecule has 0 saturated carbocycles. The minimum atomic E-state index is -0.269. The Morgan fingerprint density at radius 3 is 1.34 bits per heavy atom. The Kier molecular flexibility index (Phi) is 7.18. The fraction of sp³-hybridized carbons (Fsp3) is 0.0909. The second-order valence-electron chi connectivity index (χ2n) is 6.26. The molecular weight excluding hydrogens is 575 g/mol. The van der Waals surface area contributed by atoms with E-state index in [1.807, 2.05) is 48.5 Å². The maximum absolute atomic E-state index is 6.79. The fourth-order valence-corrected chi connectivity index (χ4v) is 6.60. The van der Waals surface area contributed by atoms with E-state index in [1.54, 1.807) is 0 Å². The van der Waals surface area contributed by atoms with Crippen LogP contribution in [0.25, 0.3) is 0 Å². The molecule has 2 atom stereocenters. The molecule has 0 spiro atoms. The summed E-state index contributed by atoms with van der Waals surface area (Å²) in [5.41, 5.74) is 2.14. The molecule has 7 heteroatoms. The fourth-order valence-electron chi connectivity index (χ4n) is 3.00. The zero-order valence-corrected chi connectivity index (χ0v) is 21.1. The van der Waals surface area contributed by atoms with E-state index in [9.17, 15) is 0 Å². The summed E-state index contributed by atoms with van der Waals surface area (Å²) in [6.07, 6.45) is -0.537. The maximum atomic E-state index is 6.79. The number of benzene rings is 2. The highest BCUT2D eigenvalue weighted by Gasteiger charge is 2.27. The molecule has 1 nitrogen and oxygen atoms in total. The molecule has 2 aromatic carbocycles. The Hall–Kier alpha value is -0.660. The smallest absolute Gasteiger partial charge is 0.118 e. The highest BCUT2D eigenvalue weighted by atomic mass is 79.9. The van der Waals surface area contributed by atoms with Gasteiger partial charge in [0.2, 0.25) is 0 Å². The topological polar surface area (TPSA) is 9.23 Å². The average molecular weight is 589 g/mol. The lowest BCUT2D eigenvalue weighted by Gasteiger charge is -2.24. The van der Waals surface area contributed by atoms with Gasteiger partial charge in [0.05, 0.1) is 0 Å². The van der Waals surface area contributed by atoms with Crippen LogP contribution in [0.3, 0.4) is 0 Å². The molecule has 0 saturated heterocycles. The summed E-state index contributed by atoms with van der Waals surface area (Å²) < 4.78 is 9.97. The van der Waals surface area contributed by atoms with E-state index < -0.39 is 0 Å². The third-order valence-corrected chi connectivity index (χ3v) is 9.36. The number of ether oxygens (including phenoxy) is 1. The van der Waals surface area contributed by atoms with E-state index in [1.165, 1.54) is 22.7 Å². The summed E-state index contributed by atoms with van der Waals surface area (Å²) in [5, 5.41) is 0. The zero-order valence-electron chi connectivity index (χ0n) is 14.8. The molecule has 2 heterocycles. The number of halogens is 4. The van der Waals surface area contributed by atoms with Crippen molar-refractivity contribution in [1.82, 2.24) is 0 Å². The first-order chi connectivity index (χ1) is 14.0. The largest absolute Gasteiger partial charge is 0.354 e. The lowest BCUT2D eigenvalue weighted by molar-refractivity contribution is 0.0348. The maximum Gasteiger partial charge on any atom is 0.118 e. The molecule has 2 aromatic heterocycles. The summed E-state index contributed by atoms with van der Waals surface area (Å²) in [6, 6.07) is 24.4. The van der Waals surface area contributed by atoms with Gasteiger partial charge < -0.3 is 4.74 Å². The molecule has 0 N–H and O–H groups in total. The lowest BCUT2D eigenvalue weighted by atomic mass is 10.0. The van der Waals surface area contributed by atoms with Crippen molar-refractivity contribution < 1.29 is 4.74 Å². The molecule has 29 heavy (non-hydrogen) atoms. The standard InChI is InChI=1S/C22H14Br2Cl2OS2/c23-15-11-17(28-21(15)25)19(13-7-3-1-4-8-13)27-20(14-9-5-2-6-10-14)18-12-16(24)22(26)29-18/h1-12,19-20H. The van der Waals surface area contributed by atoms with Gasteiger partial charge in [-0.1, -0.05) is 83.9 Å². The van der Waals surface area contributed by atoms with Gasteiger partial charge in [-0.05, 0) is 55.1 Å². The van der Waals surface area contributed by atoms with E-state index in [-0.39, 0.29) is 12.2 Å². The van der Waals surface area contributed by atoms with Crippen molar-refractivity contribution in [3.8, 4) is 0 Å². The second kappa shape index (κ2) is 9.65. The first-order valence-corrected chi connectivity index (χ1v) is 12.6. The molecule has 2 unspecified atom stereocenters. The minimum absolute atomic E-state index is 0.269. The zero-order chi connectivity index (χ0) is 20.4. The van der Waals surface area contributed by atoms with E-state index >= 15 is 0 Å². The molecular formula is C22H14Br2Cl2OS2. The number of rotatable bonds is 6. The van der Waals surface area contributed by atoms with E-state index in [0.717, 1.165) is 29.8 Å². The van der Waals surface area contributed by atoms with Crippen molar-refractivity contribution in [2.24, 2.45) is 0 Å². The van der Waals surface area contributed by atoms with E-state index in [2.05, 4.69) is 56.1 Å². The SMILES string of the molecule is Clc1sc(C(OC(c2ccccc2)c2cc(Br)c(Cl)s2)c2ccccc2)cc1Br. The van der Waals surface area contributed by atoms with Gasteiger partial charge in [0, 0.05) is 18.7 Å². The van der Waals surface area contributed by atoms with Crippen LogP contribution in [-0.2, 0) is 4.74 Å². The van der Waals surface area contributed by atoms with Crippen LogP contribution in [0.1, 0.15) is 33.1 Å². The summed E-state index contributed by atoms with van der Waals surface area (Å²) in [7, 11) is 0. The van der Waals surface area contributed by atoms with Crippen LogP contribution in [0.5, 0.6) is 0 Å². The Labute approximate surface area is 204 Å². The predicted octanol–water partition coefficient (Wildman–Crippen LogP) is 9.54. The Bertz CT molecular complexity index is 970. The molecule has 0 radical (unpaired) electrons. The van der Waals surface area contributed by atoms with Crippen LogP contribution in [-0.4, -0.2) is 0 Å². The highest BCUT2D eigenvalue weighted by molar-refractivity contribution is 9.11. The average Bonchev–Trinajstić information content (AvgIpc) is 3.25. The van der Waals surface area contributed by atoms with Crippen molar-refractivity contribution in [2.45, 2.75) is 12.2 Å². The van der Waals surface area contributed by atoms with Crippen molar-refractivity contribution >= 4 is 77.7 Å². The molecule has 0 aliphatic rings. The molecule has 0 aliphatic heterocycles. The molecule has 4 aromatic rings. The van der Waals surface area contributed by atoms with Crippen molar-refractivity contribution in [3.05, 3.63) is 111 Å². The molecule has 148 valence electrons. The highest BCUT2D eigenvalue weighted by Crippen LogP contribution is 2.45. The van der Waals surface area contributed by atoms with E-state index in [4.69, 9.17) is 27.9 Å². The Balaban J connectivity index is 1.80. The summed E-state index contributed by atoms with van der Waals surface area (Å²) in [6.45, 7) is 0. The van der Waals surface area contributed by atoms with Crippen LogP contribution in [0.15, 0.2) is 81.7 Å². The predicted molar refractivity (Wildman–Crippen MR) is 132 cm³/mol. The molecule has 0 fully saturated rings. The second-order valence-corrected chi connectivity index (χ2v) is 11.3. The van der Waals surface area contributed by atoms with Crippen molar-refractivity contribution in [3.63, 3.8) is 0 Å². The third kappa shape index (κ3) is 4.99. The van der Waals surface area contributed by atoms with Crippen molar-refractivity contribution in [1.29, 1.82) is 0 Å². The van der Waals surface area contributed by atoms with Gasteiger partial charge in [-0.3, -0.25) is 0 Å². The molecule has 0 aliphatic carbocycles. The number of thiophene rings is 2. The number of hydrogen-bond acceptors (Lipinski definition) is 3. The van der Waals surface area contributed by atoms with Gasteiger partial charge >= 0.3 is 0 Å². The van der Waals surface area contributed by atoms with Gasteiger partial charge in [0.1, 0.15) is 20.9 Å². The first kappa shape index (κ1) is 21.6. The van der Waals surface area contributed by atoms with Crippen molar-refractivity contribution in [2.75, 3.05) is 0 Å². The minimum Gasteiger partial charge on any atom is -0.354 e. The number of hydrogen-bond donors (Lipinski definition) is 0. The van der Waals surface area contributed by atoms with Gasteiger partial charge in [-0.25, -0.2) is 0 Å². The van der Waals surface area contributed by atoms with Crippen LogP contribution in [0, 0.1) is 0 Å². The lowest BCUT2D eigenvalue weighted by Crippen LogP contribution is -2.11. The molecule has 4 rings (SSSR count). The van der Waals surface area contributed by atoms with Crippen LogP contribution in [0.2, 0.25) is 8.67 Å². The Morgan fingerprint density at radius 1 is 0.655 bits per heavy atom. The molecule has 0 amide bonds. The van der Waals surface area contributed by atoms with Crippen LogP contribution < -0.4 is 0 Å². The normalized spacial score (nSPS) is 13.4. The third-order valence-electron chi connectivity index (χ3n) is 4.32. The first-order valence-electron chi connectivity index (χ1n) is 8.67. The van der Waals surface area contributed by atoms with Gasteiger partial charge in [0.25, 0.3) is 0 Å². The van der Waals surface area contributed by atoms with Gasteiger partial charge in [-0.15, -0.1) is 22.7 Å². The monoisotopic (exact) mass is 586 g/mol. The summed E-state index contributed by atoms with van der Waals surface area (Å²) in [4.78, 5) is 2.08. The Morgan fingerprint density at radius 2 is 1.03 bits per heavy atom. The quantitative estimate of drug-likeness (QED) is 0.218. The van der Waals surface area contributed by atoms with E-state index in [0.29, 0.717) is 8.67 Å². The summed E-state index contributed by atoms with van der Waals surface area (Å²) in [5.74, 6) is 0. The molecule has 0 bridgehead atoms. The van der Waals surface area contributed by atoms with Crippen LogP contribution in [0.4, 0.5) is 0 Å². The summed E-state index contributed by atoms with van der Waals surface area (Å²) >= 11 is 22.8. The van der Waals surface area contributed by atoms with Gasteiger partial charge in [-0.2, -0.15) is 0 Å². The van der Waals surface area contributed by atoms with Gasteiger partial charge in [0.15, 0.2) is 0 Å².